The zero-order valence-electron chi connectivity index (χ0n) is 8.58. The fourth-order valence-electron chi connectivity index (χ4n) is 1.19. The molecule has 15 heavy (non-hydrogen) atoms. The highest BCUT2D eigenvalue weighted by atomic mass is 16.5. The Bertz CT molecular complexity index is 389. The van der Waals surface area contributed by atoms with Crippen molar-refractivity contribution in [1.82, 2.24) is 5.32 Å². The van der Waals surface area contributed by atoms with E-state index >= 15 is 0 Å². The zero-order chi connectivity index (χ0) is 11.4. The third-order valence-corrected chi connectivity index (χ3v) is 1.82. The van der Waals surface area contributed by atoms with Crippen LogP contribution in [0.1, 0.15) is 0 Å². The number of nitriles is 1. The maximum Gasteiger partial charge on any atom is 0.295 e. The van der Waals surface area contributed by atoms with E-state index in [1.165, 1.54) is 21.3 Å². The van der Waals surface area contributed by atoms with Crippen molar-refractivity contribution < 1.29 is 19.0 Å². The summed E-state index contributed by atoms with van der Waals surface area (Å²) in [7, 11) is 4.05. The van der Waals surface area contributed by atoms with Gasteiger partial charge in [-0.1, -0.05) is 0 Å². The van der Waals surface area contributed by atoms with Crippen molar-refractivity contribution in [2.75, 3.05) is 21.3 Å². The number of carbonyl (C=O) groups is 1. The molecule has 0 aromatic heterocycles. The highest BCUT2D eigenvalue weighted by Crippen LogP contribution is 2.24. The molecular weight excluding hydrogens is 200 g/mol. The van der Waals surface area contributed by atoms with Gasteiger partial charge in [-0.2, -0.15) is 5.26 Å². The number of rotatable bonds is 3. The van der Waals surface area contributed by atoms with Crippen molar-refractivity contribution in [3.05, 3.63) is 23.0 Å². The number of ether oxygens (including phenoxy) is 3. The standard InChI is InChI=1S/C9H10N2O4/c1-13-5(4-10)6-7(14-2)8(15-3)9(12)11-6/h1-3H3,(H,11,12)/b6-5+. The maximum atomic E-state index is 11.3. The quantitative estimate of drug-likeness (QED) is 0.524. The topological polar surface area (TPSA) is 80.6 Å². The molecule has 6 heteroatoms. The molecule has 0 atom stereocenters. The molecule has 0 aliphatic carbocycles. The number of carbonyl (C=O) groups excluding carboxylic acids is 1. The summed E-state index contributed by atoms with van der Waals surface area (Å²) in [6, 6.07) is 1.80. The highest BCUT2D eigenvalue weighted by molar-refractivity contribution is 5.98. The van der Waals surface area contributed by atoms with Crippen LogP contribution < -0.4 is 5.32 Å². The predicted molar refractivity (Wildman–Crippen MR) is 48.8 cm³/mol. The highest BCUT2D eigenvalue weighted by Gasteiger charge is 2.32. The molecule has 1 aliphatic heterocycles. The Labute approximate surface area is 86.7 Å². The number of methoxy groups -OCH3 is 3. The van der Waals surface area contributed by atoms with E-state index in [1.807, 2.05) is 0 Å². The molecule has 1 heterocycles. The van der Waals surface area contributed by atoms with E-state index in [0.717, 1.165) is 0 Å². The Morgan fingerprint density at radius 1 is 1.27 bits per heavy atom. The summed E-state index contributed by atoms with van der Waals surface area (Å²) in [6.07, 6.45) is 0. The van der Waals surface area contributed by atoms with Gasteiger partial charge in [0.05, 0.1) is 21.3 Å². The van der Waals surface area contributed by atoms with Crippen molar-refractivity contribution in [2.45, 2.75) is 0 Å². The fourth-order valence-corrected chi connectivity index (χ4v) is 1.19. The van der Waals surface area contributed by atoms with E-state index in [1.54, 1.807) is 6.07 Å². The zero-order valence-corrected chi connectivity index (χ0v) is 8.58. The van der Waals surface area contributed by atoms with Crippen LogP contribution in [0, 0.1) is 11.3 Å². The molecule has 0 radical (unpaired) electrons. The number of hydrogen-bond acceptors (Lipinski definition) is 5. The molecular formula is C9H10N2O4. The maximum absolute atomic E-state index is 11.3. The minimum atomic E-state index is -0.464. The van der Waals surface area contributed by atoms with Crippen LogP contribution in [-0.4, -0.2) is 27.2 Å². The predicted octanol–water partition coefficient (Wildman–Crippen LogP) is 0.00218. The molecule has 0 fully saturated rings. The molecule has 1 amide bonds. The summed E-state index contributed by atoms with van der Waals surface area (Å²) in [5, 5.41) is 11.2. The van der Waals surface area contributed by atoms with E-state index in [2.05, 4.69) is 5.32 Å². The number of nitrogens with zero attached hydrogens (tertiary/aromatic N) is 1. The van der Waals surface area contributed by atoms with Gasteiger partial charge in [0, 0.05) is 0 Å². The molecule has 0 saturated heterocycles. The van der Waals surface area contributed by atoms with Gasteiger partial charge in [0.2, 0.25) is 11.5 Å². The van der Waals surface area contributed by atoms with Crippen molar-refractivity contribution in [1.29, 1.82) is 5.26 Å². The van der Waals surface area contributed by atoms with Gasteiger partial charge in [-0.05, 0) is 0 Å². The van der Waals surface area contributed by atoms with Gasteiger partial charge in [0.25, 0.3) is 5.91 Å². The van der Waals surface area contributed by atoms with Gasteiger partial charge in [-0.15, -0.1) is 0 Å². The summed E-state index contributed by atoms with van der Waals surface area (Å²) in [4.78, 5) is 11.3. The molecule has 0 unspecified atom stereocenters. The van der Waals surface area contributed by atoms with E-state index in [4.69, 9.17) is 19.5 Å². The van der Waals surface area contributed by atoms with Gasteiger partial charge in [-0.25, -0.2) is 0 Å². The van der Waals surface area contributed by atoms with Gasteiger partial charge < -0.3 is 19.5 Å². The molecule has 1 aliphatic rings. The van der Waals surface area contributed by atoms with Crippen LogP contribution >= 0.6 is 0 Å². The van der Waals surface area contributed by atoms with Crippen molar-refractivity contribution in [3.63, 3.8) is 0 Å². The van der Waals surface area contributed by atoms with Crippen LogP contribution in [0.4, 0.5) is 0 Å². The van der Waals surface area contributed by atoms with Crippen molar-refractivity contribution in [3.8, 4) is 6.07 Å². The second kappa shape index (κ2) is 4.37. The second-order valence-electron chi connectivity index (χ2n) is 2.54. The van der Waals surface area contributed by atoms with Gasteiger partial charge in [-0.3, -0.25) is 4.79 Å². The lowest BCUT2D eigenvalue weighted by molar-refractivity contribution is -0.119. The van der Waals surface area contributed by atoms with Gasteiger partial charge >= 0.3 is 0 Å². The molecule has 1 rings (SSSR count). The van der Waals surface area contributed by atoms with E-state index in [-0.39, 0.29) is 23.0 Å². The third-order valence-electron chi connectivity index (χ3n) is 1.82. The average Bonchev–Trinajstić information content (AvgIpc) is 2.56. The summed E-state index contributed by atoms with van der Waals surface area (Å²) in [5.74, 6) is -0.306. The summed E-state index contributed by atoms with van der Waals surface area (Å²) in [6.45, 7) is 0. The summed E-state index contributed by atoms with van der Waals surface area (Å²) in [5.41, 5.74) is 0.185. The van der Waals surface area contributed by atoms with E-state index < -0.39 is 5.91 Å². The molecule has 80 valence electrons. The molecule has 0 aromatic rings. The van der Waals surface area contributed by atoms with Gasteiger partial charge in [0.15, 0.2) is 5.76 Å². The lowest BCUT2D eigenvalue weighted by Gasteiger charge is -2.05. The first-order valence-electron chi connectivity index (χ1n) is 4.01. The Morgan fingerprint density at radius 2 is 1.87 bits per heavy atom. The lowest BCUT2D eigenvalue weighted by atomic mass is 10.3. The number of allylic oxidation sites excluding steroid dienone is 1. The molecule has 0 spiro atoms. The number of nitrogens with one attached hydrogen (secondary N) is 1. The smallest absolute Gasteiger partial charge is 0.295 e. The Hall–Kier alpha value is -2.16. The summed E-state index contributed by atoms with van der Waals surface area (Å²) >= 11 is 0. The van der Waals surface area contributed by atoms with E-state index in [0.29, 0.717) is 0 Å². The number of amides is 1. The number of hydrogen-bond donors (Lipinski definition) is 1. The first kappa shape index (κ1) is 10.9. The lowest BCUT2D eigenvalue weighted by Crippen LogP contribution is -2.18. The molecule has 0 saturated carbocycles. The van der Waals surface area contributed by atoms with E-state index in [9.17, 15) is 4.79 Å². The molecule has 6 nitrogen and oxygen atoms in total. The van der Waals surface area contributed by atoms with Crippen LogP contribution in [0.3, 0.4) is 0 Å². The summed E-state index contributed by atoms with van der Waals surface area (Å²) < 4.78 is 14.6. The molecule has 1 N–H and O–H groups in total. The SMILES string of the molecule is COC1=C(OC)/C(=C(/C#N)OC)NC1=O. The monoisotopic (exact) mass is 210 g/mol. The minimum absolute atomic E-state index is 0.0253. The Morgan fingerprint density at radius 3 is 2.27 bits per heavy atom. The van der Waals surface area contributed by atoms with Gasteiger partial charge in [0.1, 0.15) is 11.8 Å². The van der Waals surface area contributed by atoms with Crippen molar-refractivity contribution in [2.24, 2.45) is 0 Å². The molecule has 0 aromatic carbocycles. The fraction of sp³-hybridized carbons (Fsp3) is 0.333. The first-order valence-corrected chi connectivity index (χ1v) is 4.01. The third kappa shape index (κ3) is 1.72. The van der Waals surface area contributed by atoms with Crippen LogP contribution in [-0.2, 0) is 19.0 Å². The Kier molecular flexibility index (Phi) is 3.18. The largest absolute Gasteiger partial charge is 0.491 e. The average molecular weight is 210 g/mol. The molecule has 0 bridgehead atoms. The minimum Gasteiger partial charge on any atom is -0.491 e. The second-order valence-corrected chi connectivity index (χ2v) is 2.54. The first-order chi connectivity index (χ1) is 7.19. The van der Waals surface area contributed by atoms with Crippen LogP contribution in [0.25, 0.3) is 0 Å². The Balaban J connectivity index is 3.28. The van der Waals surface area contributed by atoms with Crippen LogP contribution in [0.2, 0.25) is 0 Å². The van der Waals surface area contributed by atoms with Crippen LogP contribution in [0.15, 0.2) is 23.0 Å². The van der Waals surface area contributed by atoms with Crippen molar-refractivity contribution >= 4 is 5.91 Å². The normalized spacial score (nSPS) is 18.1. The van der Waals surface area contributed by atoms with Crippen LogP contribution in [0.5, 0.6) is 0 Å².